The molecule has 4 rings (SSSR count). The van der Waals surface area contributed by atoms with Gasteiger partial charge in [-0.2, -0.15) is 0 Å². The highest BCUT2D eigenvalue weighted by Crippen LogP contribution is 2.41. The zero-order valence-corrected chi connectivity index (χ0v) is 22.6. The summed E-state index contributed by atoms with van der Waals surface area (Å²) in [6.07, 6.45) is 3.64. The summed E-state index contributed by atoms with van der Waals surface area (Å²) in [6.45, 7) is 2.39. The van der Waals surface area contributed by atoms with Crippen molar-refractivity contribution in [3.63, 3.8) is 0 Å². The molecule has 204 valence electrons. The number of hydrogen-bond acceptors (Lipinski definition) is 8. The average molecular weight is 534 g/mol. The van der Waals surface area contributed by atoms with E-state index in [0.717, 1.165) is 15.7 Å². The van der Waals surface area contributed by atoms with Crippen molar-refractivity contribution < 1.29 is 19.1 Å². The lowest BCUT2D eigenvalue weighted by molar-refractivity contribution is -0.146. The minimum atomic E-state index is -0.650. The monoisotopic (exact) mass is 533 g/mol. The Morgan fingerprint density at radius 3 is 2.44 bits per heavy atom. The number of likely N-dealkylation sites (tertiary alicyclic amines) is 1. The molecule has 3 heterocycles. The maximum atomic E-state index is 12.7. The first kappa shape index (κ1) is 27.6. The lowest BCUT2D eigenvalue weighted by Crippen LogP contribution is -2.38. The minimum absolute atomic E-state index is 0.217. The van der Waals surface area contributed by atoms with Gasteiger partial charge in [0.25, 0.3) is 5.56 Å². The highest BCUT2D eigenvalue weighted by atomic mass is 16.5. The van der Waals surface area contributed by atoms with Gasteiger partial charge in [0.05, 0.1) is 33.0 Å². The van der Waals surface area contributed by atoms with Gasteiger partial charge < -0.3 is 14.0 Å². The smallest absolute Gasteiger partial charge is 0.332 e. The van der Waals surface area contributed by atoms with E-state index in [9.17, 15) is 19.2 Å². The van der Waals surface area contributed by atoms with Crippen molar-refractivity contribution in [2.45, 2.75) is 32.0 Å². The molecule has 0 N–H and O–H groups in total. The van der Waals surface area contributed by atoms with E-state index in [1.54, 1.807) is 11.6 Å². The molecule has 0 spiro atoms. The molecule has 3 aromatic rings. The second-order valence-electron chi connectivity index (χ2n) is 9.40. The topological polar surface area (TPSA) is 118 Å². The quantitative estimate of drug-likeness (QED) is 0.342. The number of carbonyl (C=O) groups is 2. The van der Waals surface area contributed by atoms with Gasteiger partial charge in [-0.15, -0.1) is 0 Å². The van der Waals surface area contributed by atoms with E-state index in [4.69, 9.17) is 9.47 Å². The van der Waals surface area contributed by atoms with Crippen molar-refractivity contribution in [2.24, 2.45) is 20.0 Å². The van der Waals surface area contributed by atoms with Crippen LogP contribution in [0.5, 0.6) is 0 Å². The molecule has 3 atom stereocenters. The van der Waals surface area contributed by atoms with Gasteiger partial charge in [0.2, 0.25) is 0 Å². The van der Waals surface area contributed by atoms with Crippen molar-refractivity contribution >= 4 is 23.1 Å². The Kier molecular flexibility index (Phi) is 8.16. The number of aryl methyl sites for hydroxylation is 1. The number of aromatic nitrogens is 4. The molecule has 0 aliphatic carbocycles. The Balaban J connectivity index is 1.60. The predicted octanol–water partition coefficient (Wildman–Crippen LogP) is 1.16. The molecule has 11 heteroatoms. The molecular weight excluding hydrogens is 502 g/mol. The average Bonchev–Trinajstić information content (AvgIpc) is 3.55. The molecule has 0 amide bonds. The number of rotatable bonds is 6. The number of methoxy groups -OCH3 is 2. The van der Waals surface area contributed by atoms with E-state index in [-0.39, 0.29) is 18.9 Å². The van der Waals surface area contributed by atoms with Crippen LogP contribution in [0.25, 0.3) is 11.2 Å². The standard InChI is InChI=1S/C28H31N5O6/c1-18(13-15-32-17-29-24-23(32)25(34)31(3)28(37)30(24)2)10-9-14-33-21(27(36)39-5)16-20(26(35)38-4)22(33)19-11-7-6-8-12-19/h6-8,11-13,17,20-22H,14-16H2,1-5H3/b18-13+/t20-,21-,22-/m0/s1. The predicted molar refractivity (Wildman–Crippen MR) is 144 cm³/mol. The van der Waals surface area contributed by atoms with Crippen LogP contribution < -0.4 is 11.2 Å². The van der Waals surface area contributed by atoms with Gasteiger partial charge in [0, 0.05) is 26.7 Å². The normalized spacial score (nSPS) is 19.5. The Labute approximate surface area is 225 Å². The number of esters is 2. The summed E-state index contributed by atoms with van der Waals surface area (Å²) in [6, 6.07) is 8.45. The van der Waals surface area contributed by atoms with E-state index in [0.29, 0.717) is 17.7 Å². The summed E-state index contributed by atoms with van der Waals surface area (Å²) in [5.41, 5.74) is 1.41. The first-order chi connectivity index (χ1) is 18.7. The summed E-state index contributed by atoms with van der Waals surface area (Å²) in [5.74, 6) is 4.86. The third-order valence-electron chi connectivity index (χ3n) is 7.09. The maximum Gasteiger partial charge on any atom is 0.332 e. The largest absolute Gasteiger partial charge is 0.469 e. The lowest BCUT2D eigenvalue weighted by atomic mass is 9.93. The van der Waals surface area contributed by atoms with Gasteiger partial charge in [-0.25, -0.2) is 9.78 Å². The van der Waals surface area contributed by atoms with E-state index in [1.807, 2.05) is 48.2 Å². The molecule has 39 heavy (non-hydrogen) atoms. The molecule has 1 aromatic carbocycles. The summed E-state index contributed by atoms with van der Waals surface area (Å²) < 4.78 is 14.1. The van der Waals surface area contributed by atoms with Gasteiger partial charge in [-0.1, -0.05) is 48.2 Å². The number of fused-ring (bicyclic) bond motifs is 1. The number of allylic oxidation sites excluding steroid dienone is 2. The van der Waals surface area contributed by atoms with Crippen LogP contribution in [0, 0.1) is 17.8 Å². The second kappa shape index (κ2) is 11.5. The molecule has 1 aliphatic heterocycles. The molecule has 11 nitrogen and oxygen atoms in total. The van der Waals surface area contributed by atoms with Gasteiger partial charge in [-0.3, -0.25) is 28.4 Å². The van der Waals surface area contributed by atoms with Crippen LogP contribution in [0.1, 0.15) is 24.9 Å². The summed E-state index contributed by atoms with van der Waals surface area (Å²) in [7, 11) is 5.67. The number of benzene rings is 1. The lowest BCUT2D eigenvalue weighted by Gasteiger charge is -2.28. The molecule has 0 saturated carbocycles. The van der Waals surface area contributed by atoms with Gasteiger partial charge in [0.1, 0.15) is 6.04 Å². The third kappa shape index (κ3) is 5.28. The number of hydrogen-bond donors (Lipinski definition) is 0. The fraction of sp³-hybridized carbons (Fsp3) is 0.393. The van der Waals surface area contributed by atoms with Crippen LogP contribution in [0.2, 0.25) is 0 Å². The maximum absolute atomic E-state index is 12.7. The van der Waals surface area contributed by atoms with Crippen LogP contribution in [-0.4, -0.2) is 62.3 Å². The Morgan fingerprint density at radius 2 is 1.77 bits per heavy atom. The zero-order chi connectivity index (χ0) is 28.3. The SMILES string of the molecule is COC(=O)[C@H]1C[C@@H](C(=O)OC)N(CC#C/C(C)=C/Cn2cnc3c2c(=O)n(C)c(=O)n3C)[C@H]1c1ccccc1. The van der Waals surface area contributed by atoms with Crippen molar-refractivity contribution in [3.05, 3.63) is 74.7 Å². The molecule has 0 radical (unpaired) electrons. The fourth-order valence-corrected chi connectivity index (χ4v) is 5.05. The first-order valence-corrected chi connectivity index (χ1v) is 12.4. The van der Waals surface area contributed by atoms with Crippen molar-refractivity contribution in [2.75, 3.05) is 20.8 Å². The number of imidazole rings is 1. The van der Waals surface area contributed by atoms with Crippen LogP contribution in [0.15, 0.2) is 57.9 Å². The van der Waals surface area contributed by atoms with Crippen LogP contribution in [0.4, 0.5) is 0 Å². The van der Waals surface area contributed by atoms with Crippen molar-refractivity contribution in [1.82, 2.24) is 23.6 Å². The molecule has 1 fully saturated rings. The van der Waals surface area contributed by atoms with Gasteiger partial charge >= 0.3 is 17.6 Å². The molecule has 1 saturated heterocycles. The highest BCUT2D eigenvalue weighted by molar-refractivity contribution is 5.80. The summed E-state index contributed by atoms with van der Waals surface area (Å²) in [5, 5.41) is 0. The van der Waals surface area contributed by atoms with E-state index < -0.39 is 35.2 Å². The number of ether oxygens (including phenoxy) is 2. The third-order valence-corrected chi connectivity index (χ3v) is 7.09. The number of nitrogens with zero attached hydrogens (tertiary/aromatic N) is 5. The van der Waals surface area contributed by atoms with Crippen molar-refractivity contribution in [3.8, 4) is 11.8 Å². The summed E-state index contributed by atoms with van der Waals surface area (Å²) >= 11 is 0. The first-order valence-electron chi connectivity index (χ1n) is 12.4. The summed E-state index contributed by atoms with van der Waals surface area (Å²) in [4.78, 5) is 56.3. The molecule has 2 aromatic heterocycles. The Hall–Kier alpha value is -4.43. The Morgan fingerprint density at radius 1 is 1.08 bits per heavy atom. The van der Waals surface area contributed by atoms with E-state index in [1.165, 1.54) is 32.2 Å². The van der Waals surface area contributed by atoms with E-state index in [2.05, 4.69) is 16.8 Å². The molecule has 1 aliphatic rings. The highest BCUT2D eigenvalue weighted by Gasteiger charge is 2.49. The molecular formula is C28H31N5O6. The van der Waals surface area contributed by atoms with Crippen LogP contribution in [0.3, 0.4) is 0 Å². The van der Waals surface area contributed by atoms with Crippen LogP contribution in [-0.2, 0) is 39.7 Å². The van der Waals surface area contributed by atoms with Crippen LogP contribution >= 0.6 is 0 Å². The minimum Gasteiger partial charge on any atom is -0.469 e. The Bertz CT molecular complexity index is 1600. The molecule has 0 bridgehead atoms. The van der Waals surface area contributed by atoms with Gasteiger partial charge in [0.15, 0.2) is 11.2 Å². The van der Waals surface area contributed by atoms with E-state index >= 15 is 0 Å². The number of carbonyl (C=O) groups excluding carboxylic acids is 2. The molecule has 0 unspecified atom stereocenters. The second-order valence-corrected chi connectivity index (χ2v) is 9.40. The fourth-order valence-electron chi connectivity index (χ4n) is 5.05. The zero-order valence-electron chi connectivity index (χ0n) is 22.6. The van der Waals surface area contributed by atoms with Gasteiger partial charge in [-0.05, 0) is 24.5 Å². The van der Waals surface area contributed by atoms with Crippen molar-refractivity contribution in [1.29, 1.82) is 0 Å².